The smallest absolute Gasteiger partial charge is 0.279 e. The number of nitrogens with zero attached hydrogens (tertiary/aromatic N) is 5. The second-order valence-electron chi connectivity index (χ2n) is 9.19. The number of hydrogen-bond donors (Lipinski definition) is 0. The Kier molecular flexibility index (Phi) is 5.59. The first-order chi connectivity index (χ1) is 15.6. The monoisotopic (exact) mass is 433 g/mol. The van der Waals surface area contributed by atoms with Crippen molar-refractivity contribution in [2.45, 2.75) is 52.7 Å². The van der Waals surface area contributed by atoms with E-state index in [2.05, 4.69) is 40.5 Å². The maximum absolute atomic E-state index is 13.4. The molecule has 0 atom stereocenters. The summed E-state index contributed by atoms with van der Waals surface area (Å²) in [7, 11) is 0. The third-order valence-electron chi connectivity index (χ3n) is 7.04. The summed E-state index contributed by atoms with van der Waals surface area (Å²) in [6, 6.07) is 10.4. The van der Waals surface area contributed by atoms with Crippen molar-refractivity contribution in [3.8, 4) is 0 Å². The number of fused-ring (bicyclic) bond motifs is 2. The van der Waals surface area contributed by atoms with Gasteiger partial charge in [-0.25, -0.2) is 0 Å². The molecule has 2 aliphatic rings. The summed E-state index contributed by atoms with van der Waals surface area (Å²) in [5, 5.41) is 4.39. The lowest BCUT2D eigenvalue weighted by Crippen LogP contribution is -2.40. The molecular formula is C25H31N5O2. The zero-order valence-electron chi connectivity index (χ0n) is 19.0. The molecule has 0 N–H and O–H groups in total. The van der Waals surface area contributed by atoms with Gasteiger partial charge >= 0.3 is 0 Å². The number of carbonyl (C=O) groups excluding carboxylic acids is 1. The molecule has 0 radical (unpaired) electrons. The molecule has 2 aromatic heterocycles. The number of aromatic nitrogens is 3. The van der Waals surface area contributed by atoms with Gasteiger partial charge < -0.3 is 9.47 Å². The Morgan fingerprint density at radius 1 is 1.12 bits per heavy atom. The van der Waals surface area contributed by atoms with Gasteiger partial charge in [0.15, 0.2) is 5.65 Å². The number of amides is 1. The number of benzene rings is 1. The van der Waals surface area contributed by atoms with Crippen LogP contribution in [0.1, 0.15) is 53.9 Å². The van der Waals surface area contributed by atoms with E-state index in [9.17, 15) is 9.59 Å². The Morgan fingerprint density at radius 2 is 1.88 bits per heavy atom. The third-order valence-corrected chi connectivity index (χ3v) is 7.04. The number of hydrogen-bond acceptors (Lipinski definition) is 4. The predicted octanol–water partition coefficient (Wildman–Crippen LogP) is 2.95. The van der Waals surface area contributed by atoms with Crippen LogP contribution in [-0.2, 0) is 26.1 Å². The van der Waals surface area contributed by atoms with Crippen molar-refractivity contribution in [2.75, 3.05) is 19.6 Å². The van der Waals surface area contributed by atoms with Crippen LogP contribution in [0.15, 0.2) is 41.3 Å². The van der Waals surface area contributed by atoms with Crippen LogP contribution in [0.3, 0.4) is 0 Å². The molecular weight excluding hydrogens is 402 g/mol. The lowest BCUT2D eigenvalue weighted by Gasteiger charge is -2.31. The van der Waals surface area contributed by atoms with E-state index < -0.39 is 0 Å². The van der Waals surface area contributed by atoms with Gasteiger partial charge in [-0.2, -0.15) is 9.61 Å². The number of aryl methyl sites for hydroxylation is 1. The highest BCUT2D eigenvalue weighted by molar-refractivity contribution is 5.99. The van der Waals surface area contributed by atoms with Crippen molar-refractivity contribution < 1.29 is 4.79 Å². The van der Waals surface area contributed by atoms with Gasteiger partial charge in [-0.15, -0.1) is 0 Å². The molecule has 7 nitrogen and oxygen atoms in total. The van der Waals surface area contributed by atoms with Crippen molar-refractivity contribution in [2.24, 2.45) is 5.92 Å². The molecule has 0 bridgehead atoms. The molecule has 4 heterocycles. The van der Waals surface area contributed by atoms with Crippen molar-refractivity contribution >= 4 is 11.6 Å². The van der Waals surface area contributed by atoms with E-state index in [0.29, 0.717) is 30.2 Å². The van der Waals surface area contributed by atoms with E-state index in [0.717, 1.165) is 56.7 Å². The quantitative estimate of drug-likeness (QED) is 0.635. The van der Waals surface area contributed by atoms with Crippen molar-refractivity contribution in [1.29, 1.82) is 0 Å². The molecule has 1 amide bonds. The van der Waals surface area contributed by atoms with Gasteiger partial charge in [-0.1, -0.05) is 37.3 Å². The summed E-state index contributed by atoms with van der Waals surface area (Å²) in [6.45, 7) is 8.86. The lowest BCUT2D eigenvalue weighted by molar-refractivity contribution is 0.0698. The van der Waals surface area contributed by atoms with Gasteiger partial charge in [0.1, 0.15) is 5.56 Å². The highest BCUT2D eigenvalue weighted by Gasteiger charge is 2.29. The fourth-order valence-corrected chi connectivity index (χ4v) is 5.15. The van der Waals surface area contributed by atoms with Gasteiger partial charge in [-0.05, 0) is 31.2 Å². The van der Waals surface area contributed by atoms with Crippen molar-refractivity contribution in [3.63, 3.8) is 0 Å². The normalized spacial score (nSPS) is 17.6. The molecule has 3 aromatic rings. The van der Waals surface area contributed by atoms with E-state index >= 15 is 0 Å². The van der Waals surface area contributed by atoms with E-state index in [-0.39, 0.29) is 11.5 Å². The standard InChI is InChI=1S/C25H31N5O2/c1-3-29-22-11-12-27(16-19-7-5-4-6-8-19)17-21(22)25(32)30-23(29)20(15-26-30)24(31)28-13-9-18(2)10-14-28/h4-8,15,18H,3,9-14,16-17H2,1-2H3. The average molecular weight is 434 g/mol. The van der Waals surface area contributed by atoms with Gasteiger partial charge in [0.25, 0.3) is 11.5 Å². The third kappa shape index (κ3) is 3.64. The number of carbonyl (C=O) groups is 1. The summed E-state index contributed by atoms with van der Waals surface area (Å²) in [6.07, 6.45) is 4.44. The van der Waals surface area contributed by atoms with E-state index in [4.69, 9.17) is 0 Å². The largest absolute Gasteiger partial charge is 0.338 e. The van der Waals surface area contributed by atoms with Crippen LogP contribution in [0, 0.1) is 5.92 Å². The second-order valence-corrected chi connectivity index (χ2v) is 9.19. The van der Waals surface area contributed by atoms with Gasteiger partial charge in [0, 0.05) is 51.4 Å². The molecule has 1 saturated heterocycles. The zero-order chi connectivity index (χ0) is 22.2. The van der Waals surface area contributed by atoms with Crippen LogP contribution in [0.4, 0.5) is 0 Å². The Bertz CT molecular complexity index is 1190. The number of likely N-dealkylation sites (tertiary alicyclic amines) is 1. The summed E-state index contributed by atoms with van der Waals surface area (Å²) >= 11 is 0. The zero-order valence-corrected chi connectivity index (χ0v) is 19.0. The first-order valence-electron chi connectivity index (χ1n) is 11.7. The highest BCUT2D eigenvalue weighted by atomic mass is 16.2. The SMILES string of the molecule is CCn1c2c(c(=O)n3ncc(C(=O)N4CCC(C)CC4)c13)CN(Cc1ccccc1)CC2. The fraction of sp³-hybridized carbons (Fsp3) is 0.480. The molecule has 1 fully saturated rings. The first-order valence-corrected chi connectivity index (χ1v) is 11.7. The Labute approximate surface area is 188 Å². The van der Waals surface area contributed by atoms with Crippen molar-refractivity contribution in [1.82, 2.24) is 24.0 Å². The maximum atomic E-state index is 13.4. The summed E-state index contributed by atoms with van der Waals surface area (Å²) in [5.74, 6) is 0.651. The molecule has 1 aromatic carbocycles. The molecule has 0 spiro atoms. The van der Waals surface area contributed by atoms with Crippen LogP contribution in [0.2, 0.25) is 0 Å². The van der Waals surface area contributed by atoms with Gasteiger partial charge in [0.05, 0.1) is 11.8 Å². The molecule has 168 valence electrons. The first kappa shape index (κ1) is 20.9. The summed E-state index contributed by atoms with van der Waals surface area (Å²) < 4.78 is 3.59. The minimum Gasteiger partial charge on any atom is -0.338 e. The van der Waals surface area contributed by atoms with Gasteiger partial charge in [0.2, 0.25) is 0 Å². The minimum atomic E-state index is -0.0937. The summed E-state index contributed by atoms with van der Waals surface area (Å²) in [5.41, 5.74) is 4.20. The molecule has 0 aliphatic carbocycles. The molecule has 0 saturated carbocycles. The molecule has 0 unspecified atom stereocenters. The Morgan fingerprint density at radius 3 is 2.59 bits per heavy atom. The van der Waals surface area contributed by atoms with Crippen molar-refractivity contribution in [3.05, 3.63) is 69.3 Å². The molecule has 2 aliphatic heterocycles. The van der Waals surface area contributed by atoms with Gasteiger partial charge in [-0.3, -0.25) is 14.5 Å². The number of piperidine rings is 1. The van der Waals surface area contributed by atoms with E-state index in [1.807, 2.05) is 23.1 Å². The molecule has 32 heavy (non-hydrogen) atoms. The maximum Gasteiger partial charge on any atom is 0.279 e. The van der Waals surface area contributed by atoms with Crippen LogP contribution < -0.4 is 5.56 Å². The topological polar surface area (TPSA) is 62.9 Å². The predicted molar refractivity (Wildman–Crippen MR) is 124 cm³/mol. The van der Waals surface area contributed by atoms with E-state index in [1.54, 1.807) is 6.20 Å². The fourth-order valence-electron chi connectivity index (χ4n) is 5.15. The Hall–Kier alpha value is -2.93. The number of rotatable bonds is 4. The second kappa shape index (κ2) is 8.54. The highest BCUT2D eigenvalue weighted by Crippen LogP contribution is 2.24. The van der Waals surface area contributed by atoms with Crippen LogP contribution in [0.5, 0.6) is 0 Å². The lowest BCUT2D eigenvalue weighted by atomic mass is 9.99. The van der Waals surface area contributed by atoms with Crippen LogP contribution in [0.25, 0.3) is 5.65 Å². The summed E-state index contributed by atoms with van der Waals surface area (Å²) in [4.78, 5) is 31.0. The molecule has 5 rings (SSSR count). The van der Waals surface area contributed by atoms with Crippen LogP contribution in [-0.4, -0.2) is 49.5 Å². The Balaban J connectivity index is 1.51. The minimum absolute atomic E-state index is 0.00466. The van der Waals surface area contributed by atoms with Crippen LogP contribution >= 0.6 is 0 Å². The molecule has 7 heteroatoms. The average Bonchev–Trinajstić information content (AvgIpc) is 3.26. The van der Waals surface area contributed by atoms with E-state index in [1.165, 1.54) is 10.1 Å².